The molecule has 2 N–H and O–H groups in total. The van der Waals surface area contributed by atoms with Gasteiger partial charge in [0.05, 0.1) is 4.90 Å². The Bertz CT molecular complexity index is 1080. The van der Waals surface area contributed by atoms with Gasteiger partial charge < -0.3 is 5.32 Å². The lowest BCUT2D eigenvalue weighted by molar-refractivity contribution is -0.116. The molecule has 0 radical (unpaired) electrons. The van der Waals surface area contributed by atoms with Gasteiger partial charge in [-0.3, -0.25) is 9.52 Å². The first kappa shape index (κ1) is 21.6. The van der Waals surface area contributed by atoms with E-state index >= 15 is 0 Å². The number of hydrogen-bond acceptors (Lipinski definition) is 3. The number of sulfonamides is 1. The normalized spacial score (nSPS) is 11.3. The fourth-order valence-electron chi connectivity index (χ4n) is 2.99. The maximum atomic E-state index is 12.5. The van der Waals surface area contributed by atoms with Gasteiger partial charge in [0.25, 0.3) is 10.0 Å². The fourth-order valence-corrected chi connectivity index (χ4v) is 4.05. The molecule has 0 spiro atoms. The molecule has 0 bridgehead atoms. The van der Waals surface area contributed by atoms with Gasteiger partial charge in [0.2, 0.25) is 5.91 Å². The van der Waals surface area contributed by atoms with Crippen molar-refractivity contribution in [3.63, 3.8) is 0 Å². The van der Waals surface area contributed by atoms with E-state index in [1.807, 2.05) is 6.07 Å². The zero-order valence-electron chi connectivity index (χ0n) is 17.1. The summed E-state index contributed by atoms with van der Waals surface area (Å²) in [5.41, 5.74) is 3.45. The quantitative estimate of drug-likeness (QED) is 0.525. The van der Waals surface area contributed by atoms with Crippen molar-refractivity contribution >= 4 is 27.3 Å². The average Bonchev–Trinajstić information content (AvgIpc) is 2.73. The lowest BCUT2D eigenvalue weighted by Gasteiger charge is -2.10. The standard InChI is InChI=1S/C24H26N2O3S/c1-18(2)20-11-8-19(9-12-20)10-17-24(27)25-21-13-15-23(16-14-21)30(28,29)26-22-6-4-3-5-7-22/h3-9,11-16,18,26H,10,17H2,1-2H3,(H,25,27). The number of amides is 1. The molecular weight excluding hydrogens is 396 g/mol. The summed E-state index contributed by atoms with van der Waals surface area (Å²) >= 11 is 0. The summed E-state index contributed by atoms with van der Waals surface area (Å²) in [7, 11) is -3.68. The topological polar surface area (TPSA) is 75.3 Å². The molecule has 0 aliphatic carbocycles. The van der Waals surface area contributed by atoms with Crippen LogP contribution in [-0.4, -0.2) is 14.3 Å². The number of hydrogen-bond donors (Lipinski definition) is 2. The van der Waals surface area contributed by atoms with E-state index in [-0.39, 0.29) is 10.8 Å². The van der Waals surface area contributed by atoms with E-state index in [0.29, 0.717) is 30.1 Å². The Kier molecular flexibility index (Phi) is 6.90. The van der Waals surface area contributed by atoms with Crippen molar-refractivity contribution in [2.45, 2.75) is 37.5 Å². The van der Waals surface area contributed by atoms with Gasteiger partial charge in [-0.25, -0.2) is 8.42 Å². The van der Waals surface area contributed by atoms with Crippen LogP contribution in [0.1, 0.15) is 37.3 Å². The van der Waals surface area contributed by atoms with Crippen LogP contribution in [0.3, 0.4) is 0 Å². The minimum Gasteiger partial charge on any atom is -0.326 e. The van der Waals surface area contributed by atoms with Crippen molar-refractivity contribution in [2.75, 3.05) is 10.0 Å². The highest BCUT2D eigenvalue weighted by Crippen LogP contribution is 2.19. The molecule has 3 aromatic rings. The molecule has 3 aromatic carbocycles. The van der Waals surface area contributed by atoms with Crippen molar-refractivity contribution in [3.8, 4) is 0 Å². The molecule has 0 aliphatic heterocycles. The Hall–Kier alpha value is -3.12. The van der Waals surface area contributed by atoms with Crippen LogP contribution in [0.15, 0.2) is 83.8 Å². The maximum absolute atomic E-state index is 12.5. The van der Waals surface area contributed by atoms with E-state index in [1.165, 1.54) is 17.7 Å². The van der Waals surface area contributed by atoms with E-state index in [4.69, 9.17) is 0 Å². The van der Waals surface area contributed by atoms with E-state index in [9.17, 15) is 13.2 Å². The van der Waals surface area contributed by atoms with Crippen LogP contribution < -0.4 is 10.0 Å². The number of rotatable bonds is 8. The van der Waals surface area contributed by atoms with Gasteiger partial charge >= 0.3 is 0 Å². The number of anilines is 2. The smallest absolute Gasteiger partial charge is 0.261 e. The van der Waals surface area contributed by atoms with Gasteiger partial charge in [0.15, 0.2) is 0 Å². The Morgan fingerprint density at radius 3 is 2.07 bits per heavy atom. The Morgan fingerprint density at radius 1 is 0.833 bits per heavy atom. The summed E-state index contributed by atoms with van der Waals surface area (Å²) < 4.78 is 27.5. The Morgan fingerprint density at radius 2 is 1.47 bits per heavy atom. The summed E-state index contributed by atoms with van der Waals surface area (Å²) in [5.74, 6) is 0.373. The predicted octanol–water partition coefficient (Wildman–Crippen LogP) is 5.18. The van der Waals surface area contributed by atoms with Crippen LogP contribution in [0.4, 0.5) is 11.4 Å². The summed E-state index contributed by atoms with van der Waals surface area (Å²) in [6.45, 7) is 4.30. The SMILES string of the molecule is CC(C)c1ccc(CCC(=O)Nc2ccc(S(=O)(=O)Nc3ccccc3)cc2)cc1. The third kappa shape index (κ3) is 5.94. The van der Waals surface area contributed by atoms with Gasteiger partial charge in [-0.05, 0) is 59.9 Å². The van der Waals surface area contributed by atoms with Gasteiger partial charge in [0, 0.05) is 17.8 Å². The molecule has 156 valence electrons. The van der Waals surface area contributed by atoms with Crippen molar-refractivity contribution in [1.29, 1.82) is 0 Å². The molecule has 0 heterocycles. The number of benzene rings is 3. The van der Waals surface area contributed by atoms with Crippen molar-refractivity contribution < 1.29 is 13.2 Å². The van der Waals surface area contributed by atoms with E-state index in [2.05, 4.69) is 48.2 Å². The molecule has 3 rings (SSSR count). The lowest BCUT2D eigenvalue weighted by Crippen LogP contribution is -2.14. The molecule has 0 atom stereocenters. The molecule has 0 unspecified atom stereocenters. The van der Waals surface area contributed by atoms with Crippen molar-refractivity contribution in [2.24, 2.45) is 0 Å². The summed E-state index contributed by atoms with van der Waals surface area (Å²) in [6, 6.07) is 23.2. The molecule has 1 amide bonds. The highest BCUT2D eigenvalue weighted by molar-refractivity contribution is 7.92. The van der Waals surface area contributed by atoms with E-state index in [0.717, 1.165) is 5.56 Å². The first-order valence-corrected chi connectivity index (χ1v) is 11.4. The van der Waals surface area contributed by atoms with Gasteiger partial charge in [-0.15, -0.1) is 0 Å². The molecule has 30 heavy (non-hydrogen) atoms. The zero-order chi connectivity index (χ0) is 21.6. The first-order valence-electron chi connectivity index (χ1n) is 9.90. The van der Waals surface area contributed by atoms with Crippen LogP contribution in [0.25, 0.3) is 0 Å². The molecule has 0 aliphatic rings. The molecule has 0 saturated carbocycles. The second-order valence-electron chi connectivity index (χ2n) is 7.44. The number of para-hydroxylation sites is 1. The van der Waals surface area contributed by atoms with Crippen LogP contribution in [-0.2, 0) is 21.2 Å². The van der Waals surface area contributed by atoms with Crippen molar-refractivity contribution in [3.05, 3.63) is 90.0 Å². The molecule has 0 aromatic heterocycles. The number of nitrogens with one attached hydrogen (secondary N) is 2. The zero-order valence-corrected chi connectivity index (χ0v) is 17.9. The van der Waals surface area contributed by atoms with Gasteiger partial charge in [-0.2, -0.15) is 0 Å². The number of carbonyl (C=O) groups excluding carboxylic acids is 1. The number of aryl methyl sites for hydroxylation is 1. The highest BCUT2D eigenvalue weighted by atomic mass is 32.2. The monoisotopic (exact) mass is 422 g/mol. The minimum atomic E-state index is -3.68. The summed E-state index contributed by atoms with van der Waals surface area (Å²) in [6.07, 6.45) is 1.01. The molecule has 0 fully saturated rings. The van der Waals surface area contributed by atoms with Crippen LogP contribution in [0.5, 0.6) is 0 Å². The fraction of sp³-hybridized carbons (Fsp3) is 0.208. The largest absolute Gasteiger partial charge is 0.326 e. The molecule has 0 saturated heterocycles. The van der Waals surface area contributed by atoms with E-state index < -0.39 is 10.0 Å². The Balaban J connectivity index is 1.55. The summed E-state index contributed by atoms with van der Waals surface area (Å²) in [5, 5.41) is 2.82. The minimum absolute atomic E-state index is 0.110. The lowest BCUT2D eigenvalue weighted by atomic mass is 10.0. The summed E-state index contributed by atoms with van der Waals surface area (Å²) in [4.78, 5) is 12.4. The molecular formula is C24H26N2O3S. The predicted molar refractivity (Wildman–Crippen MR) is 121 cm³/mol. The van der Waals surface area contributed by atoms with Gasteiger partial charge in [0.1, 0.15) is 0 Å². The molecule has 6 heteroatoms. The van der Waals surface area contributed by atoms with Crippen LogP contribution in [0, 0.1) is 0 Å². The van der Waals surface area contributed by atoms with Crippen LogP contribution >= 0.6 is 0 Å². The highest BCUT2D eigenvalue weighted by Gasteiger charge is 2.14. The second-order valence-corrected chi connectivity index (χ2v) is 9.12. The third-order valence-electron chi connectivity index (χ3n) is 4.76. The Labute approximate surface area is 178 Å². The van der Waals surface area contributed by atoms with Gasteiger partial charge in [-0.1, -0.05) is 56.3 Å². The number of carbonyl (C=O) groups is 1. The third-order valence-corrected chi connectivity index (χ3v) is 6.16. The molecule has 5 nitrogen and oxygen atoms in total. The van der Waals surface area contributed by atoms with Crippen LogP contribution in [0.2, 0.25) is 0 Å². The average molecular weight is 423 g/mol. The second kappa shape index (κ2) is 9.59. The maximum Gasteiger partial charge on any atom is 0.261 e. The van der Waals surface area contributed by atoms with E-state index in [1.54, 1.807) is 36.4 Å². The first-order chi connectivity index (χ1) is 14.3. The van der Waals surface area contributed by atoms with Crippen molar-refractivity contribution in [1.82, 2.24) is 0 Å².